The Kier molecular flexibility index (Phi) is 6.22. The van der Waals surface area contributed by atoms with Gasteiger partial charge >= 0.3 is 5.97 Å². The van der Waals surface area contributed by atoms with Gasteiger partial charge in [-0.3, -0.25) is 5.43 Å². The molecule has 136 valence electrons. The van der Waals surface area contributed by atoms with Gasteiger partial charge in [-0.05, 0) is 58.9 Å². The van der Waals surface area contributed by atoms with Crippen molar-refractivity contribution in [2.45, 2.75) is 40.2 Å². The fourth-order valence-corrected chi connectivity index (χ4v) is 1.89. The third-order valence-electron chi connectivity index (χ3n) is 3.22. The van der Waals surface area contributed by atoms with Crippen LogP contribution >= 0.6 is 0 Å². The van der Waals surface area contributed by atoms with Gasteiger partial charge in [0.2, 0.25) is 0 Å². The largest absolute Gasteiger partial charge is 0.454 e. The minimum absolute atomic E-state index is 0.152. The molecule has 0 heterocycles. The van der Waals surface area contributed by atoms with Crippen molar-refractivity contribution < 1.29 is 9.53 Å². The topological polar surface area (TPSA) is 75.4 Å². The summed E-state index contributed by atoms with van der Waals surface area (Å²) in [5, 5.41) is 12.1. The third kappa shape index (κ3) is 6.47. The van der Waals surface area contributed by atoms with Crippen molar-refractivity contribution >= 4 is 23.2 Å². The van der Waals surface area contributed by atoms with Crippen molar-refractivity contribution in [2.24, 2.45) is 15.3 Å². The zero-order chi connectivity index (χ0) is 19.2. The number of carbonyl (C=O) groups is 1. The first-order valence-corrected chi connectivity index (χ1v) is 8.35. The van der Waals surface area contributed by atoms with Crippen LogP contribution in [0, 0.1) is 13.8 Å². The van der Waals surface area contributed by atoms with Crippen LogP contribution in [0.1, 0.15) is 31.9 Å². The first-order chi connectivity index (χ1) is 12.2. The zero-order valence-electron chi connectivity index (χ0n) is 15.8. The second-order valence-electron chi connectivity index (χ2n) is 6.95. The predicted octanol–water partition coefficient (Wildman–Crippen LogP) is 5.15. The molecule has 0 radical (unpaired) electrons. The Labute approximate surface area is 154 Å². The van der Waals surface area contributed by atoms with Gasteiger partial charge in [0.1, 0.15) is 5.60 Å². The number of hydrogen-bond acceptors (Lipinski definition) is 5. The van der Waals surface area contributed by atoms with Gasteiger partial charge in [-0.25, -0.2) is 4.79 Å². The highest BCUT2D eigenvalue weighted by molar-refractivity contribution is 6.35. The van der Waals surface area contributed by atoms with E-state index in [1.165, 1.54) is 0 Å². The fraction of sp³-hybridized carbons (Fsp3) is 0.300. The lowest BCUT2D eigenvalue weighted by Crippen LogP contribution is -2.28. The SMILES string of the molecule is Cc1ccc(N=N/C(=N/Nc2ccc(C)cc2)C(=O)OC(C)(C)C)cc1. The van der Waals surface area contributed by atoms with Gasteiger partial charge in [-0.15, -0.1) is 15.3 Å². The quantitative estimate of drug-likeness (QED) is 0.273. The normalized spacial score (nSPS) is 12.3. The summed E-state index contributed by atoms with van der Waals surface area (Å²) in [6.45, 7) is 9.34. The molecular formula is C20H24N4O2. The summed E-state index contributed by atoms with van der Waals surface area (Å²) < 4.78 is 5.35. The van der Waals surface area contributed by atoms with Crippen molar-refractivity contribution in [3.8, 4) is 0 Å². The van der Waals surface area contributed by atoms with Crippen molar-refractivity contribution in [2.75, 3.05) is 5.43 Å². The lowest BCUT2D eigenvalue weighted by molar-refractivity contribution is -0.146. The van der Waals surface area contributed by atoms with E-state index in [0.29, 0.717) is 5.69 Å². The van der Waals surface area contributed by atoms with Crippen LogP contribution in [0.2, 0.25) is 0 Å². The van der Waals surface area contributed by atoms with E-state index in [9.17, 15) is 4.79 Å². The van der Waals surface area contributed by atoms with E-state index in [-0.39, 0.29) is 5.84 Å². The number of amidine groups is 1. The van der Waals surface area contributed by atoms with Crippen molar-refractivity contribution in [3.05, 3.63) is 59.7 Å². The Morgan fingerprint density at radius 3 is 2.00 bits per heavy atom. The highest BCUT2D eigenvalue weighted by Gasteiger charge is 2.21. The molecule has 0 fully saturated rings. The maximum absolute atomic E-state index is 12.4. The number of anilines is 1. The molecule has 0 spiro atoms. The Bertz CT molecular complexity index is 801. The summed E-state index contributed by atoms with van der Waals surface area (Å²) in [6.07, 6.45) is 0. The second kappa shape index (κ2) is 8.38. The number of hydrogen-bond donors (Lipinski definition) is 1. The van der Waals surface area contributed by atoms with Gasteiger partial charge in [-0.1, -0.05) is 35.4 Å². The predicted molar refractivity (Wildman–Crippen MR) is 104 cm³/mol. The van der Waals surface area contributed by atoms with Crippen LogP contribution in [0.3, 0.4) is 0 Å². The number of esters is 1. The maximum Gasteiger partial charge on any atom is 0.380 e. The van der Waals surface area contributed by atoms with Gasteiger partial charge in [0.25, 0.3) is 5.84 Å². The highest BCUT2D eigenvalue weighted by atomic mass is 16.6. The number of aryl methyl sites for hydroxylation is 2. The van der Waals surface area contributed by atoms with E-state index in [1.54, 1.807) is 20.8 Å². The Morgan fingerprint density at radius 2 is 1.46 bits per heavy atom. The molecule has 0 bridgehead atoms. The van der Waals surface area contributed by atoms with E-state index in [0.717, 1.165) is 16.8 Å². The van der Waals surface area contributed by atoms with Gasteiger partial charge in [0.15, 0.2) is 0 Å². The van der Waals surface area contributed by atoms with Gasteiger partial charge in [-0.2, -0.15) is 0 Å². The molecule has 0 aliphatic carbocycles. The van der Waals surface area contributed by atoms with E-state index >= 15 is 0 Å². The molecule has 0 atom stereocenters. The van der Waals surface area contributed by atoms with Crippen molar-refractivity contribution in [1.82, 2.24) is 0 Å². The molecule has 0 saturated carbocycles. The van der Waals surface area contributed by atoms with E-state index in [1.807, 2.05) is 62.4 Å². The molecule has 0 aromatic heterocycles. The number of hydrazone groups is 1. The van der Waals surface area contributed by atoms with Crippen LogP contribution in [-0.2, 0) is 9.53 Å². The smallest absolute Gasteiger partial charge is 0.380 e. The summed E-state index contributed by atoms with van der Waals surface area (Å²) >= 11 is 0. The van der Waals surface area contributed by atoms with E-state index < -0.39 is 11.6 Å². The highest BCUT2D eigenvalue weighted by Crippen LogP contribution is 2.15. The van der Waals surface area contributed by atoms with Crippen LogP contribution in [0.5, 0.6) is 0 Å². The molecule has 0 amide bonds. The Hall–Kier alpha value is -3.02. The fourth-order valence-electron chi connectivity index (χ4n) is 1.89. The molecular weight excluding hydrogens is 328 g/mol. The molecule has 0 aliphatic heterocycles. The Balaban J connectivity index is 2.22. The average Bonchev–Trinajstić information content (AvgIpc) is 2.56. The van der Waals surface area contributed by atoms with E-state index in [4.69, 9.17) is 4.74 Å². The second-order valence-corrected chi connectivity index (χ2v) is 6.95. The molecule has 6 heteroatoms. The van der Waals surface area contributed by atoms with E-state index in [2.05, 4.69) is 20.8 Å². The monoisotopic (exact) mass is 352 g/mol. The summed E-state index contributed by atoms with van der Waals surface area (Å²) in [4.78, 5) is 12.4. The number of rotatable bonds is 3. The molecule has 26 heavy (non-hydrogen) atoms. The minimum Gasteiger partial charge on any atom is -0.454 e. The van der Waals surface area contributed by atoms with Crippen molar-refractivity contribution in [1.29, 1.82) is 0 Å². The van der Waals surface area contributed by atoms with Crippen LogP contribution in [0.15, 0.2) is 63.9 Å². The number of benzene rings is 2. The molecule has 0 unspecified atom stereocenters. The van der Waals surface area contributed by atoms with Crippen LogP contribution in [-0.4, -0.2) is 17.4 Å². The first-order valence-electron chi connectivity index (χ1n) is 8.35. The van der Waals surface area contributed by atoms with Gasteiger partial charge in [0.05, 0.1) is 11.4 Å². The standard InChI is InChI=1S/C20H24N4O2/c1-14-6-10-16(11-7-14)21-23-18(19(25)26-20(3,4)5)24-22-17-12-8-15(2)9-13-17/h6-13,21H,1-5H3/b23-18+,24-22?. The Morgan fingerprint density at radius 1 is 0.923 bits per heavy atom. The number of nitrogens with one attached hydrogen (secondary N) is 1. The summed E-state index contributed by atoms with van der Waals surface area (Å²) in [5.74, 6) is -0.797. The number of ether oxygens (including phenoxy) is 1. The molecule has 1 N–H and O–H groups in total. The lowest BCUT2D eigenvalue weighted by atomic mass is 10.2. The van der Waals surface area contributed by atoms with Gasteiger partial charge in [0, 0.05) is 0 Å². The number of nitrogens with zero attached hydrogens (tertiary/aromatic N) is 3. The first kappa shape index (κ1) is 19.3. The maximum atomic E-state index is 12.4. The molecule has 2 aromatic carbocycles. The van der Waals surface area contributed by atoms with Crippen LogP contribution in [0.4, 0.5) is 11.4 Å². The molecule has 6 nitrogen and oxygen atoms in total. The van der Waals surface area contributed by atoms with Gasteiger partial charge < -0.3 is 4.74 Å². The zero-order valence-corrected chi connectivity index (χ0v) is 15.8. The molecule has 2 aromatic rings. The summed E-state index contributed by atoms with van der Waals surface area (Å²) in [6, 6.07) is 15.1. The lowest BCUT2D eigenvalue weighted by Gasteiger charge is -2.18. The van der Waals surface area contributed by atoms with Crippen molar-refractivity contribution in [3.63, 3.8) is 0 Å². The number of azo groups is 1. The average molecular weight is 352 g/mol. The van der Waals surface area contributed by atoms with Crippen LogP contribution < -0.4 is 5.43 Å². The number of carbonyl (C=O) groups excluding carboxylic acids is 1. The molecule has 2 rings (SSSR count). The minimum atomic E-state index is -0.652. The molecule has 0 saturated heterocycles. The third-order valence-corrected chi connectivity index (χ3v) is 3.22. The van der Waals surface area contributed by atoms with Crippen LogP contribution in [0.25, 0.3) is 0 Å². The molecule has 0 aliphatic rings. The summed E-state index contributed by atoms with van der Waals surface area (Å²) in [7, 11) is 0. The summed E-state index contributed by atoms with van der Waals surface area (Å²) in [5.41, 5.74) is 5.78.